The molecule has 0 saturated heterocycles. The topological polar surface area (TPSA) is 118 Å². The summed E-state index contributed by atoms with van der Waals surface area (Å²) in [5.41, 5.74) is 0.226. The average Bonchev–Trinajstić information content (AvgIpc) is 2.70. The Labute approximate surface area is 171 Å². The molecule has 8 nitrogen and oxygen atoms in total. The quantitative estimate of drug-likeness (QED) is 0.438. The van der Waals surface area contributed by atoms with Crippen LogP contribution in [0.25, 0.3) is 0 Å². The van der Waals surface area contributed by atoms with Gasteiger partial charge < -0.3 is 5.32 Å². The predicted octanol–water partition coefficient (Wildman–Crippen LogP) is 3.72. The van der Waals surface area contributed by atoms with Crippen molar-refractivity contribution in [1.29, 1.82) is 0 Å². The van der Waals surface area contributed by atoms with Crippen LogP contribution in [0, 0.1) is 15.9 Å². The molecular formula is C20H16FN3O5S. The summed E-state index contributed by atoms with van der Waals surface area (Å²) in [5.74, 6) is -1.20. The number of sulfonamides is 1. The fourth-order valence-electron chi connectivity index (χ4n) is 2.68. The summed E-state index contributed by atoms with van der Waals surface area (Å²) in [6.07, 6.45) is -0.216. The standard InChI is InChI=1S/C20H16FN3O5S/c21-17-6-2-3-7-18(17)23-30(28,29)16-11-9-15(10-12-16)22-20(25)13-14-5-1-4-8-19(14)24(26)27/h1-12,23H,13H2,(H,22,25). The van der Waals surface area contributed by atoms with Crippen molar-refractivity contribution < 1.29 is 22.5 Å². The number of nitro benzene ring substituents is 1. The molecule has 0 aliphatic carbocycles. The Morgan fingerprint density at radius 3 is 2.27 bits per heavy atom. The van der Waals surface area contributed by atoms with Crippen molar-refractivity contribution in [3.05, 3.63) is 94.3 Å². The molecule has 1 amide bonds. The Kier molecular flexibility index (Phi) is 6.07. The maximum Gasteiger partial charge on any atom is 0.273 e. The van der Waals surface area contributed by atoms with E-state index >= 15 is 0 Å². The van der Waals surface area contributed by atoms with Gasteiger partial charge in [0.05, 0.1) is 21.9 Å². The van der Waals surface area contributed by atoms with Gasteiger partial charge in [0.25, 0.3) is 15.7 Å². The number of nitrogens with one attached hydrogen (secondary N) is 2. The van der Waals surface area contributed by atoms with Crippen molar-refractivity contribution in [2.45, 2.75) is 11.3 Å². The molecule has 3 aromatic rings. The lowest BCUT2D eigenvalue weighted by Gasteiger charge is -2.10. The van der Waals surface area contributed by atoms with Gasteiger partial charge in [-0.05, 0) is 36.4 Å². The number of hydrogen-bond donors (Lipinski definition) is 2. The summed E-state index contributed by atoms with van der Waals surface area (Å²) in [5, 5.41) is 13.6. The van der Waals surface area contributed by atoms with Gasteiger partial charge in [-0.3, -0.25) is 19.6 Å². The Bertz CT molecular complexity index is 1200. The molecule has 154 valence electrons. The highest BCUT2D eigenvalue weighted by atomic mass is 32.2. The molecule has 2 N–H and O–H groups in total. The molecule has 3 aromatic carbocycles. The Hall–Kier alpha value is -3.79. The van der Waals surface area contributed by atoms with Crippen LogP contribution in [0.15, 0.2) is 77.7 Å². The van der Waals surface area contributed by atoms with Crippen LogP contribution >= 0.6 is 0 Å². The second-order valence-electron chi connectivity index (χ2n) is 6.22. The molecule has 0 aliphatic rings. The first kappa shape index (κ1) is 20.9. The lowest BCUT2D eigenvalue weighted by Crippen LogP contribution is -2.16. The summed E-state index contributed by atoms with van der Waals surface area (Å²) in [6, 6.07) is 16.5. The second kappa shape index (κ2) is 8.70. The highest BCUT2D eigenvalue weighted by Crippen LogP contribution is 2.21. The average molecular weight is 429 g/mol. The maximum atomic E-state index is 13.7. The molecular weight excluding hydrogens is 413 g/mol. The fourth-order valence-corrected chi connectivity index (χ4v) is 3.75. The first-order valence-corrected chi connectivity index (χ1v) is 10.1. The van der Waals surface area contributed by atoms with Gasteiger partial charge in [0.15, 0.2) is 0 Å². The van der Waals surface area contributed by atoms with E-state index in [0.29, 0.717) is 5.69 Å². The van der Waals surface area contributed by atoms with Gasteiger partial charge in [-0.25, -0.2) is 12.8 Å². The van der Waals surface area contributed by atoms with Crippen LogP contribution < -0.4 is 10.0 Å². The second-order valence-corrected chi connectivity index (χ2v) is 7.90. The number of hydrogen-bond acceptors (Lipinski definition) is 5. The van der Waals surface area contributed by atoms with Crippen molar-refractivity contribution >= 4 is 33.0 Å². The monoisotopic (exact) mass is 429 g/mol. The molecule has 0 fully saturated rings. The summed E-state index contributed by atoms with van der Waals surface area (Å²) < 4.78 is 40.6. The van der Waals surface area contributed by atoms with Gasteiger partial charge in [-0.15, -0.1) is 0 Å². The maximum absolute atomic E-state index is 13.7. The van der Waals surface area contributed by atoms with Gasteiger partial charge in [0.2, 0.25) is 5.91 Å². The van der Waals surface area contributed by atoms with Crippen molar-refractivity contribution in [1.82, 2.24) is 0 Å². The van der Waals surface area contributed by atoms with E-state index in [9.17, 15) is 27.7 Å². The SMILES string of the molecule is O=C(Cc1ccccc1[N+](=O)[O-])Nc1ccc(S(=O)(=O)Nc2ccccc2F)cc1. The van der Waals surface area contributed by atoms with Gasteiger partial charge in [0, 0.05) is 17.3 Å². The molecule has 0 radical (unpaired) electrons. The van der Waals surface area contributed by atoms with Crippen molar-refractivity contribution in [3.8, 4) is 0 Å². The van der Waals surface area contributed by atoms with E-state index in [1.54, 1.807) is 6.07 Å². The molecule has 0 spiro atoms. The first-order chi connectivity index (χ1) is 14.3. The van der Waals surface area contributed by atoms with E-state index in [-0.39, 0.29) is 28.3 Å². The minimum atomic E-state index is -4.02. The van der Waals surface area contributed by atoms with Crippen molar-refractivity contribution in [2.75, 3.05) is 10.0 Å². The molecule has 0 aliphatic heterocycles. The van der Waals surface area contributed by atoms with Gasteiger partial charge in [-0.2, -0.15) is 0 Å². The number of benzene rings is 3. The molecule has 30 heavy (non-hydrogen) atoms. The summed E-state index contributed by atoms with van der Waals surface area (Å²) in [4.78, 5) is 22.6. The first-order valence-electron chi connectivity index (χ1n) is 8.66. The Balaban J connectivity index is 1.69. The number of anilines is 2. The molecule has 10 heteroatoms. The number of carbonyl (C=O) groups excluding carboxylic acids is 1. The van der Waals surface area contributed by atoms with E-state index in [1.807, 2.05) is 0 Å². The highest BCUT2D eigenvalue weighted by Gasteiger charge is 2.18. The van der Waals surface area contributed by atoms with E-state index in [0.717, 1.165) is 6.07 Å². The fraction of sp³-hybridized carbons (Fsp3) is 0.0500. The molecule has 0 heterocycles. The zero-order valence-corrected chi connectivity index (χ0v) is 16.2. The number of halogens is 1. The van der Waals surface area contributed by atoms with Crippen LogP contribution in [0.5, 0.6) is 0 Å². The zero-order valence-electron chi connectivity index (χ0n) is 15.4. The largest absolute Gasteiger partial charge is 0.326 e. The zero-order chi connectivity index (χ0) is 21.7. The lowest BCUT2D eigenvalue weighted by molar-refractivity contribution is -0.385. The van der Waals surface area contributed by atoms with Crippen molar-refractivity contribution in [3.63, 3.8) is 0 Å². The summed E-state index contributed by atoms with van der Waals surface area (Å²) in [6.45, 7) is 0. The van der Waals surface area contributed by atoms with Crippen LogP contribution in [0.4, 0.5) is 21.5 Å². The van der Waals surface area contributed by atoms with Crippen LogP contribution in [-0.2, 0) is 21.2 Å². The third kappa shape index (κ3) is 4.97. The van der Waals surface area contributed by atoms with Crippen LogP contribution in [0.2, 0.25) is 0 Å². The molecule has 3 rings (SSSR count). The highest BCUT2D eigenvalue weighted by molar-refractivity contribution is 7.92. The van der Waals surface area contributed by atoms with E-state index in [4.69, 9.17) is 0 Å². The third-order valence-corrected chi connectivity index (χ3v) is 5.49. The van der Waals surface area contributed by atoms with Crippen LogP contribution in [0.1, 0.15) is 5.56 Å². The van der Waals surface area contributed by atoms with Gasteiger partial charge in [0.1, 0.15) is 5.82 Å². The number of nitrogens with zero attached hydrogens (tertiary/aromatic N) is 1. The third-order valence-electron chi connectivity index (χ3n) is 4.11. The molecule has 0 saturated carbocycles. The van der Waals surface area contributed by atoms with Gasteiger partial charge in [-0.1, -0.05) is 30.3 Å². The molecule has 0 unspecified atom stereocenters. The smallest absolute Gasteiger partial charge is 0.273 e. The molecule has 0 aromatic heterocycles. The molecule has 0 atom stereocenters. The van der Waals surface area contributed by atoms with Crippen LogP contribution in [-0.4, -0.2) is 19.2 Å². The minimum Gasteiger partial charge on any atom is -0.326 e. The van der Waals surface area contributed by atoms with Gasteiger partial charge >= 0.3 is 0 Å². The number of rotatable bonds is 7. The number of nitro groups is 1. The van der Waals surface area contributed by atoms with Crippen LogP contribution in [0.3, 0.4) is 0 Å². The lowest BCUT2D eigenvalue weighted by atomic mass is 10.1. The normalized spacial score (nSPS) is 11.0. The summed E-state index contributed by atoms with van der Waals surface area (Å²) in [7, 11) is -4.02. The number of carbonyl (C=O) groups is 1. The Morgan fingerprint density at radius 2 is 1.60 bits per heavy atom. The molecule has 0 bridgehead atoms. The predicted molar refractivity (Wildman–Crippen MR) is 109 cm³/mol. The Morgan fingerprint density at radius 1 is 0.967 bits per heavy atom. The number of para-hydroxylation sites is 2. The van der Waals surface area contributed by atoms with Crippen molar-refractivity contribution in [2.24, 2.45) is 0 Å². The minimum absolute atomic E-state index is 0.123. The summed E-state index contributed by atoms with van der Waals surface area (Å²) >= 11 is 0. The van der Waals surface area contributed by atoms with E-state index in [2.05, 4.69) is 10.0 Å². The number of amides is 1. The van der Waals surface area contributed by atoms with E-state index < -0.39 is 26.7 Å². The van der Waals surface area contributed by atoms with E-state index in [1.165, 1.54) is 60.7 Å².